The van der Waals surface area contributed by atoms with Crippen LogP contribution in [0.25, 0.3) is 10.8 Å². The van der Waals surface area contributed by atoms with Gasteiger partial charge in [-0.15, -0.1) is 0 Å². The highest BCUT2D eigenvalue weighted by molar-refractivity contribution is 5.87. The first-order chi connectivity index (χ1) is 19.0. The minimum Gasteiger partial charge on any atom is -0.478 e. The van der Waals surface area contributed by atoms with Gasteiger partial charge in [0.25, 0.3) is 0 Å². The van der Waals surface area contributed by atoms with E-state index in [0.717, 1.165) is 12.1 Å². The Morgan fingerprint density at radius 3 is 2.41 bits per heavy atom. The Morgan fingerprint density at radius 2 is 1.64 bits per heavy atom. The van der Waals surface area contributed by atoms with Gasteiger partial charge in [-0.25, -0.2) is 9.59 Å². The molecule has 1 aliphatic heterocycles. The van der Waals surface area contributed by atoms with Gasteiger partial charge in [-0.1, -0.05) is 84.9 Å². The molecule has 1 saturated heterocycles. The summed E-state index contributed by atoms with van der Waals surface area (Å²) in [7, 11) is 0. The molecule has 2 N–H and O–H groups in total. The summed E-state index contributed by atoms with van der Waals surface area (Å²) in [6.45, 7) is 4.47. The largest absolute Gasteiger partial charge is 0.478 e. The first-order valence-electron chi connectivity index (χ1n) is 13.5. The third kappa shape index (κ3) is 6.29. The number of carbonyl (C=O) groups excluding carboxylic acids is 1. The molecule has 1 aliphatic rings. The van der Waals surface area contributed by atoms with Crippen LogP contribution in [-0.4, -0.2) is 48.3 Å². The van der Waals surface area contributed by atoms with Crippen LogP contribution in [0.2, 0.25) is 0 Å². The standard InChI is InChI=1S/C33H34N2O4/c1-23(29-13-7-11-25-10-5-6-12-30(25)29)34-20-28-21-35(22-31(28)26-8-3-2-4-9-26)33(38)39-19-18-24-14-16-27(17-15-24)32(36)37/h2-17,23,28,31,34H,18-22H2,1H3,(H,36,37)/t23-,28+,31-/m1/s1. The number of hydrogen-bond acceptors (Lipinski definition) is 4. The first kappa shape index (κ1) is 26.4. The molecule has 1 amide bonds. The lowest BCUT2D eigenvalue weighted by atomic mass is 9.88. The summed E-state index contributed by atoms with van der Waals surface area (Å²) in [5.41, 5.74) is 3.68. The number of carbonyl (C=O) groups is 2. The number of amides is 1. The Bertz CT molecular complexity index is 1420. The van der Waals surface area contributed by atoms with Crippen molar-refractivity contribution < 1.29 is 19.4 Å². The Balaban J connectivity index is 1.21. The average molecular weight is 523 g/mol. The molecule has 3 atom stereocenters. The first-order valence-corrected chi connectivity index (χ1v) is 13.5. The predicted molar refractivity (Wildman–Crippen MR) is 153 cm³/mol. The summed E-state index contributed by atoms with van der Waals surface area (Å²) in [5, 5.41) is 15.3. The summed E-state index contributed by atoms with van der Waals surface area (Å²) in [6.07, 6.45) is 0.234. The van der Waals surface area contributed by atoms with E-state index < -0.39 is 5.97 Å². The number of nitrogens with one attached hydrogen (secondary N) is 1. The van der Waals surface area contributed by atoms with Crippen molar-refractivity contribution in [3.05, 3.63) is 119 Å². The number of aromatic carboxylic acids is 1. The number of fused-ring (bicyclic) bond motifs is 1. The van der Waals surface area contributed by atoms with Crippen LogP contribution >= 0.6 is 0 Å². The molecule has 6 heteroatoms. The van der Waals surface area contributed by atoms with Gasteiger partial charge in [0.15, 0.2) is 0 Å². The zero-order valence-corrected chi connectivity index (χ0v) is 22.1. The van der Waals surface area contributed by atoms with E-state index in [0.29, 0.717) is 19.5 Å². The van der Waals surface area contributed by atoms with Gasteiger partial charge in [0.1, 0.15) is 0 Å². The van der Waals surface area contributed by atoms with Crippen LogP contribution in [0, 0.1) is 5.92 Å². The Kier molecular flexibility index (Phi) is 8.23. The molecule has 6 nitrogen and oxygen atoms in total. The molecule has 200 valence electrons. The quantitative estimate of drug-likeness (QED) is 0.270. The van der Waals surface area contributed by atoms with Crippen molar-refractivity contribution >= 4 is 22.8 Å². The number of benzene rings is 4. The molecular weight excluding hydrogens is 488 g/mol. The second kappa shape index (κ2) is 12.1. The van der Waals surface area contributed by atoms with Crippen LogP contribution in [0.3, 0.4) is 0 Å². The number of ether oxygens (including phenoxy) is 1. The van der Waals surface area contributed by atoms with E-state index >= 15 is 0 Å². The molecule has 0 saturated carbocycles. The molecule has 5 rings (SSSR count). The van der Waals surface area contributed by atoms with Gasteiger partial charge in [0, 0.05) is 38.0 Å². The van der Waals surface area contributed by atoms with E-state index in [-0.39, 0.29) is 36.1 Å². The smallest absolute Gasteiger partial charge is 0.409 e. The van der Waals surface area contributed by atoms with Crippen molar-refractivity contribution in [2.75, 3.05) is 26.2 Å². The molecule has 1 fully saturated rings. The fourth-order valence-corrected chi connectivity index (χ4v) is 5.53. The van der Waals surface area contributed by atoms with E-state index in [2.05, 4.69) is 79.0 Å². The van der Waals surface area contributed by atoms with Crippen LogP contribution in [0.4, 0.5) is 4.79 Å². The maximum absolute atomic E-state index is 13.0. The second-order valence-corrected chi connectivity index (χ2v) is 10.2. The van der Waals surface area contributed by atoms with Crippen LogP contribution in [0.5, 0.6) is 0 Å². The minimum atomic E-state index is -0.953. The number of likely N-dealkylation sites (tertiary alicyclic amines) is 1. The Morgan fingerprint density at radius 1 is 0.923 bits per heavy atom. The molecule has 0 aliphatic carbocycles. The third-order valence-electron chi connectivity index (χ3n) is 7.72. The number of rotatable bonds is 9. The van der Waals surface area contributed by atoms with E-state index in [1.54, 1.807) is 24.3 Å². The molecular formula is C33H34N2O4. The molecule has 0 unspecified atom stereocenters. The summed E-state index contributed by atoms with van der Waals surface area (Å²) in [4.78, 5) is 25.9. The molecule has 0 aromatic heterocycles. The topological polar surface area (TPSA) is 78.9 Å². The Hall–Kier alpha value is -4.16. The lowest BCUT2D eigenvalue weighted by molar-refractivity contribution is 0.0696. The lowest BCUT2D eigenvalue weighted by Crippen LogP contribution is -2.32. The molecule has 4 aromatic carbocycles. The van der Waals surface area contributed by atoms with Gasteiger partial charge < -0.3 is 20.1 Å². The van der Waals surface area contributed by atoms with E-state index in [4.69, 9.17) is 9.84 Å². The van der Waals surface area contributed by atoms with Crippen molar-refractivity contribution in [2.45, 2.75) is 25.3 Å². The number of hydrogen-bond donors (Lipinski definition) is 2. The lowest BCUT2D eigenvalue weighted by Gasteiger charge is -2.23. The van der Waals surface area contributed by atoms with Crippen molar-refractivity contribution in [1.82, 2.24) is 10.2 Å². The van der Waals surface area contributed by atoms with Crippen molar-refractivity contribution in [3.63, 3.8) is 0 Å². The van der Waals surface area contributed by atoms with Gasteiger partial charge in [0.05, 0.1) is 12.2 Å². The number of carboxylic acid groups (broad SMARTS) is 1. The highest BCUT2D eigenvalue weighted by atomic mass is 16.6. The van der Waals surface area contributed by atoms with E-state index in [1.807, 2.05) is 11.0 Å². The van der Waals surface area contributed by atoms with Crippen LogP contribution in [0.1, 0.15) is 45.9 Å². The van der Waals surface area contributed by atoms with Crippen molar-refractivity contribution in [2.24, 2.45) is 5.92 Å². The van der Waals surface area contributed by atoms with Gasteiger partial charge in [-0.05, 0) is 52.4 Å². The summed E-state index contributed by atoms with van der Waals surface area (Å²) >= 11 is 0. The van der Waals surface area contributed by atoms with Gasteiger partial charge in [-0.2, -0.15) is 0 Å². The highest BCUT2D eigenvalue weighted by Crippen LogP contribution is 2.33. The molecule has 0 spiro atoms. The summed E-state index contributed by atoms with van der Waals surface area (Å²) in [5.74, 6) is -0.485. The molecule has 0 radical (unpaired) electrons. The van der Waals surface area contributed by atoms with Crippen LogP contribution < -0.4 is 5.32 Å². The zero-order chi connectivity index (χ0) is 27.2. The fourth-order valence-electron chi connectivity index (χ4n) is 5.53. The van der Waals surface area contributed by atoms with Crippen molar-refractivity contribution in [3.8, 4) is 0 Å². The summed E-state index contributed by atoms with van der Waals surface area (Å²) < 4.78 is 5.63. The SMILES string of the molecule is C[C@@H](NC[C@H]1CN(C(=O)OCCc2ccc(C(=O)O)cc2)C[C@@H]1c1ccccc1)c1cccc2ccccc12. The number of nitrogens with zero attached hydrogens (tertiary/aromatic N) is 1. The monoisotopic (exact) mass is 522 g/mol. The van der Waals surface area contributed by atoms with E-state index in [9.17, 15) is 9.59 Å². The molecule has 4 aromatic rings. The maximum atomic E-state index is 13.0. The molecule has 1 heterocycles. The zero-order valence-electron chi connectivity index (χ0n) is 22.1. The summed E-state index contributed by atoms with van der Waals surface area (Å²) in [6, 6.07) is 32.1. The van der Waals surface area contributed by atoms with Crippen molar-refractivity contribution in [1.29, 1.82) is 0 Å². The molecule has 0 bridgehead atoms. The van der Waals surface area contributed by atoms with Gasteiger partial charge >= 0.3 is 12.1 Å². The fraction of sp³-hybridized carbons (Fsp3) is 0.273. The Labute approximate surface area is 229 Å². The van der Waals surface area contributed by atoms with Gasteiger partial charge in [-0.3, -0.25) is 0 Å². The third-order valence-corrected chi connectivity index (χ3v) is 7.72. The average Bonchev–Trinajstić information content (AvgIpc) is 3.41. The maximum Gasteiger partial charge on any atom is 0.409 e. The van der Waals surface area contributed by atoms with E-state index in [1.165, 1.54) is 21.9 Å². The predicted octanol–water partition coefficient (Wildman–Crippen LogP) is 6.28. The second-order valence-electron chi connectivity index (χ2n) is 10.2. The normalized spacial score (nSPS) is 17.7. The van der Waals surface area contributed by atoms with Gasteiger partial charge in [0.2, 0.25) is 0 Å². The van der Waals surface area contributed by atoms with Crippen LogP contribution in [0.15, 0.2) is 97.1 Å². The minimum absolute atomic E-state index is 0.168. The van der Waals surface area contributed by atoms with Crippen LogP contribution in [-0.2, 0) is 11.2 Å². The molecule has 39 heavy (non-hydrogen) atoms. The highest BCUT2D eigenvalue weighted by Gasteiger charge is 2.36. The number of carboxylic acids is 1.